The maximum atomic E-state index is 10.6. The number of nitrogens with zero attached hydrogens (tertiary/aromatic N) is 2. The van der Waals surface area contributed by atoms with Gasteiger partial charge in [-0.3, -0.25) is 9.20 Å². The van der Waals surface area contributed by atoms with Crippen molar-refractivity contribution >= 4 is 33.6 Å². The third-order valence-corrected chi connectivity index (χ3v) is 4.90. The fourth-order valence-electron chi connectivity index (χ4n) is 1.99. The first-order chi connectivity index (χ1) is 9.15. The lowest BCUT2D eigenvalue weighted by atomic mass is 10.2. The van der Waals surface area contributed by atoms with Crippen LogP contribution in [0.4, 0.5) is 0 Å². The van der Waals surface area contributed by atoms with Crippen LogP contribution in [0.2, 0.25) is 0 Å². The Kier molecular flexibility index (Phi) is 3.12. The lowest BCUT2D eigenvalue weighted by Gasteiger charge is -1.96. The normalized spacial score (nSPS) is 11.2. The van der Waals surface area contributed by atoms with E-state index in [1.54, 1.807) is 22.7 Å². The summed E-state index contributed by atoms with van der Waals surface area (Å²) in [6.45, 7) is 2.07. The molecular weight excluding hydrogens is 280 g/mol. The number of thiophene rings is 1. The summed E-state index contributed by atoms with van der Waals surface area (Å²) in [4.78, 5) is 17.4. The quantitative estimate of drug-likeness (QED) is 0.801. The van der Waals surface area contributed by atoms with Crippen LogP contribution < -0.4 is 0 Å². The molecule has 19 heavy (non-hydrogen) atoms. The Labute approximate surface area is 118 Å². The number of thiazole rings is 1. The third kappa shape index (κ3) is 2.29. The molecule has 0 saturated carbocycles. The van der Waals surface area contributed by atoms with Crippen LogP contribution >= 0.6 is 22.7 Å². The van der Waals surface area contributed by atoms with Gasteiger partial charge in [0.2, 0.25) is 0 Å². The molecule has 3 aromatic rings. The SMILES string of the molecule is Cc1ccsc1-c1cn2c(CCC(=O)O)csc2n1. The highest BCUT2D eigenvalue weighted by molar-refractivity contribution is 7.15. The van der Waals surface area contributed by atoms with E-state index in [1.807, 2.05) is 16.0 Å². The van der Waals surface area contributed by atoms with E-state index in [0.717, 1.165) is 16.3 Å². The van der Waals surface area contributed by atoms with Gasteiger partial charge >= 0.3 is 5.97 Å². The first-order valence-corrected chi connectivity index (χ1v) is 7.63. The Hall–Kier alpha value is -1.66. The predicted molar refractivity (Wildman–Crippen MR) is 77.1 cm³/mol. The molecule has 0 aliphatic heterocycles. The van der Waals surface area contributed by atoms with Crippen molar-refractivity contribution in [2.24, 2.45) is 0 Å². The number of hydrogen-bond donors (Lipinski definition) is 1. The summed E-state index contributed by atoms with van der Waals surface area (Å²) in [6.07, 6.45) is 2.69. The van der Waals surface area contributed by atoms with Crippen molar-refractivity contribution in [3.05, 3.63) is 34.3 Å². The lowest BCUT2D eigenvalue weighted by molar-refractivity contribution is -0.136. The van der Waals surface area contributed by atoms with E-state index in [2.05, 4.69) is 23.4 Å². The van der Waals surface area contributed by atoms with E-state index in [9.17, 15) is 4.79 Å². The minimum Gasteiger partial charge on any atom is -0.481 e. The minimum atomic E-state index is -0.770. The molecule has 98 valence electrons. The monoisotopic (exact) mass is 292 g/mol. The van der Waals surface area contributed by atoms with Gasteiger partial charge in [0.05, 0.1) is 11.3 Å². The summed E-state index contributed by atoms with van der Waals surface area (Å²) in [5, 5.41) is 12.8. The maximum absolute atomic E-state index is 10.6. The molecule has 0 atom stereocenters. The summed E-state index contributed by atoms with van der Waals surface area (Å²) in [6, 6.07) is 2.08. The molecule has 6 heteroatoms. The number of aromatic nitrogens is 2. The smallest absolute Gasteiger partial charge is 0.303 e. The highest BCUT2D eigenvalue weighted by Crippen LogP contribution is 2.30. The van der Waals surface area contributed by atoms with Gasteiger partial charge in [-0.25, -0.2) is 4.98 Å². The van der Waals surface area contributed by atoms with E-state index < -0.39 is 5.97 Å². The Morgan fingerprint density at radius 1 is 1.47 bits per heavy atom. The van der Waals surface area contributed by atoms with Crippen LogP contribution in [0.3, 0.4) is 0 Å². The van der Waals surface area contributed by atoms with Crippen molar-refractivity contribution < 1.29 is 9.90 Å². The molecule has 0 unspecified atom stereocenters. The van der Waals surface area contributed by atoms with Crippen LogP contribution in [-0.2, 0) is 11.2 Å². The van der Waals surface area contributed by atoms with Crippen LogP contribution in [-0.4, -0.2) is 20.5 Å². The van der Waals surface area contributed by atoms with Gasteiger partial charge < -0.3 is 5.11 Å². The first kappa shape index (κ1) is 12.4. The van der Waals surface area contributed by atoms with Gasteiger partial charge in [-0.1, -0.05) is 0 Å². The van der Waals surface area contributed by atoms with E-state index >= 15 is 0 Å². The van der Waals surface area contributed by atoms with Crippen LogP contribution in [0, 0.1) is 6.92 Å². The molecule has 0 radical (unpaired) electrons. The molecule has 0 spiro atoms. The molecular formula is C13H12N2O2S2. The number of carbonyl (C=O) groups is 1. The van der Waals surface area contributed by atoms with E-state index in [4.69, 9.17) is 5.11 Å². The number of fused-ring (bicyclic) bond motifs is 1. The fourth-order valence-corrected chi connectivity index (χ4v) is 3.78. The number of aryl methyl sites for hydroxylation is 2. The standard InChI is InChI=1S/C13H12N2O2S2/c1-8-4-5-18-12(8)10-6-15-9(2-3-11(16)17)7-19-13(15)14-10/h4-7H,2-3H2,1H3,(H,16,17). The number of rotatable bonds is 4. The number of carboxylic acid groups (broad SMARTS) is 1. The molecule has 0 aromatic carbocycles. The Morgan fingerprint density at radius 2 is 2.32 bits per heavy atom. The van der Waals surface area contributed by atoms with Gasteiger partial charge in [0, 0.05) is 17.3 Å². The molecule has 0 amide bonds. The summed E-state index contributed by atoms with van der Waals surface area (Å²) in [7, 11) is 0. The molecule has 3 heterocycles. The summed E-state index contributed by atoms with van der Waals surface area (Å²) >= 11 is 3.23. The van der Waals surface area contributed by atoms with Gasteiger partial charge in [-0.15, -0.1) is 22.7 Å². The average Bonchev–Trinajstić information content (AvgIpc) is 3.00. The second-order valence-electron chi connectivity index (χ2n) is 4.33. The topological polar surface area (TPSA) is 54.6 Å². The molecule has 0 aliphatic rings. The summed E-state index contributed by atoms with van der Waals surface area (Å²) in [5.41, 5.74) is 3.20. The second kappa shape index (κ2) is 4.79. The van der Waals surface area contributed by atoms with Gasteiger partial charge in [-0.2, -0.15) is 0 Å². The molecule has 0 aliphatic carbocycles. The minimum absolute atomic E-state index is 0.150. The third-order valence-electron chi connectivity index (χ3n) is 2.97. The van der Waals surface area contributed by atoms with Gasteiger partial charge in [0.1, 0.15) is 5.69 Å². The zero-order chi connectivity index (χ0) is 13.4. The van der Waals surface area contributed by atoms with Crippen molar-refractivity contribution in [1.82, 2.24) is 9.38 Å². The average molecular weight is 292 g/mol. The number of hydrogen-bond acceptors (Lipinski definition) is 4. The molecule has 0 fully saturated rings. The molecule has 4 nitrogen and oxygen atoms in total. The zero-order valence-corrected chi connectivity index (χ0v) is 11.9. The number of carboxylic acids is 1. The lowest BCUT2D eigenvalue weighted by Crippen LogP contribution is -1.99. The van der Waals surface area contributed by atoms with Crippen LogP contribution in [0.5, 0.6) is 0 Å². The van der Waals surface area contributed by atoms with Gasteiger partial charge in [0.25, 0.3) is 0 Å². The van der Waals surface area contributed by atoms with Crippen molar-refractivity contribution in [2.75, 3.05) is 0 Å². The molecule has 0 saturated heterocycles. The van der Waals surface area contributed by atoms with Crippen LogP contribution in [0.15, 0.2) is 23.0 Å². The molecule has 3 rings (SSSR count). The van der Waals surface area contributed by atoms with E-state index in [-0.39, 0.29) is 6.42 Å². The summed E-state index contributed by atoms with van der Waals surface area (Å²) in [5.74, 6) is -0.770. The Balaban J connectivity index is 1.98. The van der Waals surface area contributed by atoms with Crippen LogP contribution in [0.1, 0.15) is 17.7 Å². The van der Waals surface area contributed by atoms with Gasteiger partial charge in [-0.05, 0) is 30.4 Å². The van der Waals surface area contributed by atoms with Crippen molar-refractivity contribution in [1.29, 1.82) is 0 Å². The highest BCUT2D eigenvalue weighted by Gasteiger charge is 2.12. The number of imidazole rings is 1. The van der Waals surface area contributed by atoms with Crippen molar-refractivity contribution in [2.45, 2.75) is 19.8 Å². The first-order valence-electron chi connectivity index (χ1n) is 5.87. The van der Waals surface area contributed by atoms with E-state index in [1.165, 1.54) is 10.4 Å². The van der Waals surface area contributed by atoms with Gasteiger partial charge in [0.15, 0.2) is 4.96 Å². The van der Waals surface area contributed by atoms with Crippen molar-refractivity contribution in [3.8, 4) is 10.6 Å². The molecule has 1 N–H and O–H groups in total. The zero-order valence-electron chi connectivity index (χ0n) is 10.3. The highest BCUT2D eigenvalue weighted by atomic mass is 32.1. The summed E-state index contributed by atoms with van der Waals surface area (Å²) < 4.78 is 2.00. The molecule has 3 aromatic heterocycles. The van der Waals surface area contributed by atoms with Crippen molar-refractivity contribution in [3.63, 3.8) is 0 Å². The second-order valence-corrected chi connectivity index (χ2v) is 6.08. The van der Waals surface area contributed by atoms with Crippen LogP contribution in [0.25, 0.3) is 15.5 Å². The largest absolute Gasteiger partial charge is 0.481 e. The number of aliphatic carboxylic acids is 1. The molecule has 0 bridgehead atoms. The Bertz CT molecular complexity index is 739. The Morgan fingerprint density at radius 3 is 3.00 bits per heavy atom. The maximum Gasteiger partial charge on any atom is 0.303 e. The van der Waals surface area contributed by atoms with E-state index in [0.29, 0.717) is 6.42 Å². The predicted octanol–water partition coefficient (Wildman–Crippen LogP) is 3.45. The fraction of sp³-hybridized carbons (Fsp3) is 0.231.